The monoisotopic (exact) mass is 306 g/mol. The number of hydrogen-bond acceptors (Lipinski definition) is 1. The van der Waals surface area contributed by atoms with Gasteiger partial charge in [-0.15, -0.1) is 0 Å². The fraction of sp³-hybridized carbons (Fsp3) is 0.944. The Hall–Kier alpha value is 1.31. The molecular weight excluding hydrogens is 271 g/mol. The third-order valence-corrected chi connectivity index (χ3v) is 3.88. The molecule has 0 bridgehead atoms. The Morgan fingerprint density at radius 3 is 1.15 bits per heavy atom. The summed E-state index contributed by atoms with van der Waals surface area (Å²) in [6.07, 6.45) is 23.2. The fourth-order valence-electron chi connectivity index (χ4n) is 2.57. The van der Waals surface area contributed by atoms with Crippen molar-refractivity contribution in [3.8, 4) is 0 Å². The molecule has 2 heteroatoms. The van der Waals surface area contributed by atoms with Crippen LogP contribution in [0.4, 0.5) is 0 Å². The molecule has 0 aromatic heterocycles. The van der Waals surface area contributed by atoms with Crippen LogP contribution >= 0.6 is 0 Å². The summed E-state index contributed by atoms with van der Waals surface area (Å²) in [6.45, 7) is 2.28. The van der Waals surface area contributed by atoms with Gasteiger partial charge in [-0.2, -0.15) is 6.42 Å². The second-order valence-corrected chi connectivity index (χ2v) is 5.84. The maximum absolute atomic E-state index is 10.0. The molecule has 0 aromatic rings. The summed E-state index contributed by atoms with van der Waals surface area (Å²) >= 11 is 0. The summed E-state index contributed by atoms with van der Waals surface area (Å²) in [7, 11) is 0. The van der Waals surface area contributed by atoms with Gasteiger partial charge in [0.2, 0.25) is 0 Å². The van der Waals surface area contributed by atoms with Crippen LogP contribution in [-0.4, -0.2) is 6.29 Å². The molecule has 0 N–H and O–H groups in total. The molecule has 0 spiro atoms. The maximum Gasteiger partial charge on any atom is 1.00 e. The van der Waals surface area contributed by atoms with Gasteiger partial charge in [-0.25, -0.2) is 0 Å². The molecule has 0 fully saturated rings. The van der Waals surface area contributed by atoms with E-state index >= 15 is 0 Å². The van der Waals surface area contributed by atoms with Gasteiger partial charge in [0.05, 0.1) is 0 Å². The molecule has 0 aliphatic heterocycles. The number of hydrogen-bond donors (Lipinski definition) is 0. The molecule has 1 nitrogen and oxygen atoms in total. The third-order valence-electron chi connectivity index (χ3n) is 3.88. The molecule has 0 aliphatic carbocycles. The van der Waals surface area contributed by atoms with Gasteiger partial charge in [-0.1, -0.05) is 103 Å². The van der Waals surface area contributed by atoms with Crippen LogP contribution in [0.1, 0.15) is 110 Å². The third kappa shape index (κ3) is 21.6. The van der Waals surface area contributed by atoms with Gasteiger partial charge in [0.25, 0.3) is 0 Å². The van der Waals surface area contributed by atoms with Crippen molar-refractivity contribution in [2.75, 3.05) is 0 Å². The molecule has 0 rings (SSSR count). The van der Waals surface area contributed by atoms with Crippen molar-refractivity contribution in [2.45, 2.75) is 110 Å². The first-order valence-corrected chi connectivity index (χ1v) is 8.76. The molecule has 0 saturated carbocycles. The van der Waals surface area contributed by atoms with Crippen LogP contribution in [0.3, 0.4) is 0 Å². The molecule has 20 heavy (non-hydrogen) atoms. The van der Waals surface area contributed by atoms with E-state index in [1.165, 1.54) is 89.9 Å². The van der Waals surface area contributed by atoms with Gasteiger partial charge in [0.1, 0.15) is 0 Å². The second kappa shape index (κ2) is 22.6. The topological polar surface area (TPSA) is 17.1 Å². The average molecular weight is 307 g/mol. The minimum atomic E-state index is 0. The van der Waals surface area contributed by atoms with Gasteiger partial charge in [0.15, 0.2) is 0 Å². The van der Waals surface area contributed by atoms with Crippen molar-refractivity contribution in [1.82, 2.24) is 0 Å². The van der Waals surface area contributed by atoms with Crippen LogP contribution in [-0.2, 0) is 4.79 Å². The molecule has 0 saturated heterocycles. The van der Waals surface area contributed by atoms with Crippen LogP contribution in [0, 0.1) is 0 Å². The maximum atomic E-state index is 10.0. The van der Waals surface area contributed by atoms with E-state index in [1.54, 1.807) is 0 Å². The van der Waals surface area contributed by atoms with E-state index in [2.05, 4.69) is 6.92 Å². The van der Waals surface area contributed by atoms with E-state index < -0.39 is 0 Å². The Morgan fingerprint density at radius 2 is 0.850 bits per heavy atom. The summed E-state index contributed by atoms with van der Waals surface area (Å²) in [5, 5.41) is 0. The SMILES string of the molecule is CCCCCCCCCCCCCCCCC[C-]=O.[K+]. The van der Waals surface area contributed by atoms with E-state index in [0.717, 1.165) is 6.42 Å². The Morgan fingerprint density at radius 1 is 0.550 bits per heavy atom. The quantitative estimate of drug-likeness (QED) is 0.243. The van der Waals surface area contributed by atoms with Crippen LogP contribution < -0.4 is 51.4 Å². The molecule has 0 unspecified atom stereocenters. The zero-order valence-electron chi connectivity index (χ0n) is 14.2. The van der Waals surface area contributed by atoms with Crippen molar-refractivity contribution in [2.24, 2.45) is 0 Å². The van der Waals surface area contributed by atoms with E-state index in [9.17, 15) is 4.79 Å². The van der Waals surface area contributed by atoms with Crippen molar-refractivity contribution >= 4 is 6.29 Å². The van der Waals surface area contributed by atoms with Crippen LogP contribution in [0.25, 0.3) is 0 Å². The minimum absolute atomic E-state index is 0. The van der Waals surface area contributed by atoms with Gasteiger partial charge in [-0.05, 0) is 0 Å². The summed E-state index contributed by atoms with van der Waals surface area (Å²) in [6, 6.07) is 0. The van der Waals surface area contributed by atoms with Crippen LogP contribution in [0.5, 0.6) is 0 Å². The predicted octanol–water partition coefficient (Wildman–Crippen LogP) is 3.36. The molecule has 0 aliphatic rings. The standard InChI is InChI=1S/C18H35O.K/c1-2-3-4-5-6-7-8-9-10-11-12-13-14-15-16-17-18-19;/h2-17H2,1H3;/q-1;+1. The molecule has 0 radical (unpaired) electrons. The van der Waals surface area contributed by atoms with E-state index in [4.69, 9.17) is 0 Å². The molecule has 114 valence electrons. The minimum Gasteiger partial charge on any atom is -0.542 e. The van der Waals surface area contributed by atoms with Crippen molar-refractivity contribution in [3.05, 3.63) is 0 Å². The summed E-state index contributed by atoms with van der Waals surface area (Å²) in [5.74, 6) is 0. The number of unbranched alkanes of at least 4 members (excludes halogenated alkanes) is 15. The molecule has 0 atom stereocenters. The van der Waals surface area contributed by atoms with Crippen molar-refractivity contribution in [3.63, 3.8) is 0 Å². The van der Waals surface area contributed by atoms with Gasteiger partial charge < -0.3 is 4.79 Å². The van der Waals surface area contributed by atoms with Crippen LogP contribution in [0.2, 0.25) is 0 Å². The van der Waals surface area contributed by atoms with E-state index in [1.807, 2.05) is 6.29 Å². The Labute approximate surface area is 170 Å². The predicted molar refractivity (Wildman–Crippen MR) is 85.2 cm³/mol. The van der Waals surface area contributed by atoms with Gasteiger partial charge >= 0.3 is 51.4 Å². The molecule has 0 heterocycles. The van der Waals surface area contributed by atoms with Gasteiger partial charge in [0, 0.05) is 0 Å². The summed E-state index contributed by atoms with van der Waals surface area (Å²) in [4.78, 5) is 10.0. The summed E-state index contributed by atoms with van der Waals surface area (Å²) in [5.41, 5.74) is 0. The second-order valence-electron chi connectivity index (χ2n) is 5.84. The first-order chi connectivity index (χ1) is 9.41. The first kappa shape index (κ1) is 23.6. The molecular formula is C18H35KO. The number of carbonyl (C=O) groups excluding carboxylic acids is 1. The van der Waals surface area contributed by atoms with Crippen LogP contribution in [0.15, 0.2) is 0 Å². The van der Waals surface area contributed by atoms with E-state index in [-0.39, 0.29) is 51.4 Å². The van der Waals surface area contributed by atoms with Gasteiger partial charge in [-0.3, -0.25) is 6.29 Å². The fourth-order valence-corrected chi connectivity index (χ4v) is 2.57. The first-order valence-electron chi connectivity index (χ1n) is 8.76. The van der Waals surface area contributed by atoms with E-state index in [0.29, 0.717) is 6.42 Å². The largest absolute Gasteiger partial charge is 1.00 e. The number of rotatable bonds is 16. The molecule has 0 aromatic carbocycles. The smallest absolute Gasteiger partial charge is 0.542 e. The summed E-state index contributed by atoms with van der Waals surface area (Å²) < 4.78 is 0. The average Bonchev–Trinajstić information content (AvgIpc) is 2.43. The normalized spacial score (nSPS) is 10.2. The van der Waals surface area contributed by atoms with Crippen molar-refractivity contribution in [1.29, 1.82) is 0 Å². The zero-order valence-corrected chi connectivity index (χ0v) is 17.3. The Kier molecular flexibility index (Phi) is 26.6. The Bertz CT molecular complexity index is 171. The molecule has 0 amide bonds. The Balaban J connectivity index is 0. The van der Waals surface area contributed by atoms with Crippen molar-refractivity contribution < 1.29 is 56.2 Å². The zero-order chi connectivity index (χ0) is 14.0.